The largest absolute Gasteiger partial charge is 0.497 e. The summed E-state index contributed by atoms with van der Waals surface area (Å²) in [5.74, 6) is 3.14. The van der Waals surface area contributed by atoms with Crippen LogP contribution in [-0.4, -0.2) is 46.7 Å². The van der Waals surface area contributed by atoms with E-state index in [9.17, 15) is 4.79 Å². The molecule has 0 saturated carbocycles. The number of nitrogens with zero attached hydrogens (tertiary/aromatic N) is 4. The maximum Gasteiger partial charge on any atom is 0.228 e. The number of methoxy groups -OCH3 is 3. The predicted octanol–water partition coefficient (Wildman–Crippen LogP) is 4.98. The van der Waals surface area contributed by atoms with E-state index < -0.39 is 5.92 Å². The highest BCUT2D eigenvalue weighted by Crippen LogP contribution is 2.51. The average molecular weight is 513 g/mol. The zero-order valence-corrected chi connectivity index (χ0v) is 21.9. The molecule has 194 valence electrons. The van der Waals surface area contributed by atoms with Crippen molar-refractivity contribution < 1.29 is 23.7 Å². The van der Waals surface area contributed by atoms with E-state index in [0.29, 0.717) is 58.6 Å². The molecule has 1 aliphatic heterocycles. The van der Waals surface area contributed by atoms with Crippen molar-refractivity contribution in [1.82, 2.24) is 19.6 Å². The van der Waals surface area contributed by atoms with Crippen LogP contribution in [0.1, 0.15) is 43.7 Å². The molecular weight excluding hydrogens is 484 g/mol. The van der Waals surface area contributed by atoms with Crippen molar-refractivity contribution in [3.05, 3.63) is 71.3 Å². The second kappa shape index (κ2) is 8.86. The number of hydrogen-bond acceptors (Lipinski definition) is 8. The van der Waals surface area contributed by atoms with E-state index in [2.05, 4.69) is 23.9 Å². The minimum Gasteiger partial charge on any atom is -0.497 e. The lowest BCUT2D eigenvalue weighted by Crippen LogP contribution is -2.33. The Balaban J connectivity index is 1.58. The highest BCUT2D eigenvalue weighted by molar-refractivity contribution is 6.00. The Hall–Kier alpha value is -4.40. The van der Waals surface area contributed by atoms with Gasteiger partial charge in [0.15, 0.2) is 28.8 Å². The number of ether oxygens (including phenoxy) is 4. The predicted molar refractivity (Wildman–Crippen MR) is 140 cm³/mol. The average Bonchev–Trinajstić information content (AvgIpc) is 3.35. The highest BCUT2D eigenvalue weighted by Gasteiger charge is 2.44. The summed E-state index contributed by atoms with van der Waals surface area (Å²) in [5.41, 5.74) is 3.38. The molecule has 0 spiro atoms. The maximum absolute atomic E-state index is 13.7. The maximum atomic E-state index is 13.7. The monoisotopic (exact) mass is 512 g/mol. The van der Waals surface area contributed by atoms with Crippen LogP contribution in [0.4, 0.5) is 0 Å². The fourth-order valence-electron chi connectivity index (χ4n) is 5.37. The van der Waals surface area contributed by atoms with Crippen molar-refractivity contribution in [2.75, 3.05) is 21.3 Å². The van der Waals surface area contributed by atoms with E-state index in [4.69, 9.17) is 23.9 Å². The lowest BCUT2D eigenvalue weighted by atomic mass is 9.70. The lowest BCUT2D eigenvalue weighted by Gasteiger charge is -2.37. The Morgan fingerprint density at radius 3 is 2.45 bits per heavy atom. The van der Waals surface area contributed by atoms with Gasteiger partial charge < -0.3 is 18.9 Å². The summed E-state index contributed by atoms with van der Waals surface area (Å²) in [6, 6.07) is 13.2. The number of rotatable bonds is 5. The van der Waals surface area contributed by atoms with Gasteiger partial charge in [-0.25, -0.2) is 14.5 Å². The summed E-state index contributed by atoms with van der Waals surface area (Å²) in [7, 11) is 4.82. The van der Waals surface area contributed by atoms with Crippen LogP contribution in [-0.2, 0) is 4.79 Å². The van der Waals surface area contributed by atoms with Gasteiger partial charge in [-0.3, -0.25) is 4.79 Å². The number of fused-ring (bicyclic) bond motifs is 3. The molecule has 0 bridgehead atoms. The number of carbonyl (C=O) groups is 1. The normalized spacial score (nSPS) is 18.0. The van der Waals surface area contributed by atoms with Crippen LogP contribution in [0.15, 0.2) is 60.1 Å². The summed E-state index contributed by atoms with van der Waals surface area (Å²) >= 11 is 0. The molecule has 4 aromatic rings. The number of Topliss-reactive ketones (excluding diaryl/α,β-unsaturated/α-hetero) is 1. The molecule has 2 aliphatic rings. The second-order valence-corrected chi connectivity index (χ2v) is 10.3. The van der Waals surface area contributed by atoms with E-state index in [1.54, 1.807) is 32.2 Å². The Bertz CT molecular complexity index is 1600. The van der Waals surface area contributed by atoms with E-state index in [0.717, 1.165) is 16.9 Å². The zero-order valence-electron chi connectivity index (χ0n) is 21.9. The van der Waals surface area contributed by atoms with Crippen LogP contribution >= 0.6 is 0 Å². The van der Waals surface area contributed by atoms with Crippen molar-refractivity contribution in [1.29, 1.82) is 0 Å². The van der Waals surface area contributed by atoms with Gasteiger partial charge in [0.2, 0.25) is 5.88 Å². The molecule has 0 N–H and O–H groups in total. The molecule has 0 radical (unpaired) electrons. The number of hydrogen-bond donors (Lipinski definition) is 0. The third-order valence-corrected chi connectivity index (χ3v) is 7.15. The van der Waals surface area contributed by atoms with E-state index in [-0.39, 0.29) is 11.2 Å². The molecule has 2 aromatic carbocycles. The summed E-state index contributed by atoms with van der Waals surface area (Å²) < 4.78 is 24.3. The summed E-state index contributed by atoms with van der Waals surface area (Å²) in [5, 5.41) is 4.68. The van der Waals surface area contributed by atoms with Gasteiger partial charge in [-0.15, -0.1) is 5.10 Å². The van der Waals surface area contributed by atoms with Gasteiger partial charge >= 0.3 is 0 Å². The molecule has 0 saturated heterocycles. The van der Waals surface area contributed by atoms with Gasteiger partial charge in [0.25, 0.3) is 0 Å². The molecule has 9 heteroatoms. The Kier molecular flexibility index (Phi) is 5.59. The van der Waals surface area contributed by atoms with Gasteiger partial charge in [-0.1, -0.05) is 19.9 Å². The quantitative estimate of drug-likeness (QED) is 0.369. The van der Waals surface area contributed by atoms with Crippen LogP contribution in [0.25, 0.3) is 17.0 Å². The van der Waals surface area contributed by atoms with Crippen molar-refractivity contribution in [2.24, 2.45) is 5.41 Å². The van der Waals surface area contributed by atoms with Crippen LogP contribution in [0, 0.1) is 5.41 Å². The van der Waals surface area contributed by atoms with Gasteiger partial charge in [0.05, 0.1) is 32.8 Å². The van der Waals surface area contributed by atoms with Crippen molar-refractivity contribution >= 4 is 11.4 Å². The molecule has 9 nitrogen and oxygen atoms in total. The summed E-state index contributed by atoms with van der Waals surface area (Å²) in [4.78, 5) is 23.2. The minimum atomic E-state index is -0.457. The minimum absolute atomic E-state index is 0.0542. The molecule has 1 atom stereocenters. The number of aromatic nitrogens is 4. The van der Waals surface area contributed by atoms with Gasteiger partial charge in [-0.05, 0) is 47.4 Å². The third-order valence-electron chi connectivity index (χ3n) is 7.15. The van der Waals surface area contributed by atoms with Gasteiger partial charge in [0, 0.05) is 24.0 Å². The van der Waals surface area contributed by atoms with E-state index >= 15 is 0 Å². The van der Waals surface area contributed by atoms with Crippen molar-refractivity contribution in [3.8, 4) is 34.5 Å². The zero-order chi connectivity index (χ0) is 26.6. The molecule has 3 heterocycles. The molecular formula is C29H28N4O5. The first-order chi connectivity index (χ1) is 18.3. The second-order valence-electron chi connectivity index (χ2n) is 10.3. The smallest absolute Gasteiger partial charge is 0.228 e. The molecule has 0 fully saturated rings. The molecule has 38 heavy (non-hydrogen) atoms. The number of ketones is 1. The van der Waals surface area contributed by atoms with Crippen molar-refractivity contribution in [2.45, 2.75) is 32.6 Å². The fourth-order valence-corrected chi connectivity index (χ4v) is 5.37. The van der Waals surface area contributed by atoms with Crippen LogP contribution < -0.4 is 18.9 Å². The SMILES string of the molecule is COc1ccc(-c2nc3c4c(ncn3n2)OC2=C(C(=O)CC(C)(C)C2)[C@H]4c2ccc(OC)c(OC)c2)cc1. The molecule has 0 unspecified atom stereocenters. The molecule has 0 amide bonds. The van der Waals surface area contributed by atoms with Gasteiger partial charge in [-0.2, -0.15) is 0 Å². The van der Waals surface area contributed by atoms with Crippen molar-refractivity contribution in [3.63, 3.8) is 0 Å². The fraction of sp³-hybridized carbons (Fsp3) is 0.310. The van der Waals surface area contributed by atoms with Crippen LogP contribution in [0.2, 0.25) is 0 Å². The van der Waals surface area contributed by atoms with Gasteiger partial charge in [0.1, 0.15) is 17.8 Å². The Labute approximate surface area is 220 Å². The third kappa shape index (κ3) is 3.86. The lowest BCUT2D eigenvalue weighted by molar-refractivity contribution is -0.118. The molecule has 2 aromatic heterocycles. The first-order valence-corrected chi connectivity index (χ1v) is 12.4. The first-order valence-electron chi connectivity index (χ1n) is 12.4. The Morgan fingerprint density at radius 1 is 0.974 bits per heavy atom. The first kappa shape index (κ1) is 24.0. The topological polar surface area (TPSA) is 97.1 Å². The van der Waals surface area contributed by atoms with Crippen LogP contribution in [0.5, 0.6) is 23.1 Å². The Morgan fingerprint density at radius 2 is 1.74 bits per heavy atom. The standard InChI is InChI=1S/C29H28N4O5/c1-29(2)13-19(34)24-22(14-29)38-28-25(23(24)17-8-11-20(36-4)21(12-17)37-5)27-31-26(32-33(27)15-30-28)16-6-9-18(35-3)10-7-16/h6-12,15,23H,13-14H2,1-5H3/t23-/m1/s1. The number of benzene rings is 2. The van der Waals surface area contributed by atoms with Crippen LogP contribution in [0.3, 0.4) is 0 Å². The number of allylic oxidation sites excluding steroid dienone is 2. The van der Waals surface area contributed by atoms with E-state index in [1.807, 2.05) is 42.5 Å². The highest BCUT2D eigenvalue weighted by atomic mass is 16.5. The summed E-state index contributed by atoms with van der Waals surface area (Å²) in [6.07, 6.45) is 2.66. The number of carbonyl (C=O) groups excluding carboxylic acids is 1. The van der Waals surface area contributed by atoms with E-state index in [1.165, 1.54) is 0 Å². The molecule has 1 aliphatic carbocycles. The summed E-state index contributed by atoms with van der Waals surface area (Å²) in [6.45, 7) is 4.16. The molecule has 6 rings (SSSR count).